The lowest BCUT2D eigenvalue weighted by Crippen LogP contribution is -2.33. The Kier molecular flexibility index (Phi) is 3.72. The Balaban J connectivity index is 1.87. The van der Waals surface area contributed by atoms with Gasteiger partial charge in [-0.3, -0.25) is 4.98 Å². The molecule has 2 heterocycles. The van der Waals surface area contributed by atoms with Crippen molar-refractivity contribution in [1.82, 2.24) is 9.97 Å². The van der Waals surface area contributed by atoms with Crippen LogP contribution < -0.4 is 4.57 Å². The molecule has 3 nitrogen and oxygen atoms in total. The van der Waals surface area contributed by atoms with Crippen LogP contribution in [0.1, 0.15) is 33.5 Å². The summed E-state index contributed by atoms with van der Waals surface area (Å²) in [6.45, 7) is 6.56. The minimum atomic E-state index is 0.893. The van der Waals surface area contributed by atoms with Gasteiger partial charge in [0, 0.05) is 24.4 Å². The number of benzene rings is 1. The van der Waals surface area contributed by atoms with Gasteiger partial charge in [0.25, 0.3) is 6.33 Å². The molecule has 0 bridgehead atoms. The van der Waals surface area contributed by atoms with Crippen molar-refractivity contribution in [2.75, 3.05) is 0 Å². The first-order chi connectivity index (χ1) is 12.0. The van der Waals surface area contributed by atoms with E-state index in [9.17, 15) is 0 Å². The Morgan fingerprint density at radius 1 is 1.12 bits per heavy atom. The molecule has 2 aromatic heterocycles. The van der Waals surface area contributed by atoms with Crippen molar-refractivity contribution in [3.63, 3.8) is 0 Å². The van der Waals surface area contributed by atoms with E-state index in [0.717, 1.165) is 12.1 Å². The van der Waals surface area contributed by atoms with Crippen LogP contribution in [0.4, 0.5) is 0 Å². The normalized spacial score (nSPS) is 12.9. The van der Waals surface area contributed by atoms with Crippen molar-refractivity contribution in [2.24, 2.45) is 7.05 Å². The quantitative estimate of drug-likeness (QED) is 0.666. The molecule has 0 unspecified atom stereocenters. The van der Waals surface area contributed by atoms with Crippen LogP contribution in [0.5, 0.6) is 0 Å². The molecule has 0 saturated carbocycles. The molecule has 1 aliphatic rings. The zero-order chi connectivity index (χ0) is 17.6. The lowest BCUT2D eigenvalue weighted by atomic mass is 9.94. The van der Waals surface area contributed by atoms with Crippen LogP contribution in [0, 0.1) is 20.8 Å². The third kappa shape index (κ3) is 2.66. The maximum absolute atomic E-state index is 4.66. The highest BCUT2D eigenvalue weighted by Crippen LogP contribution is 2.36. The summed E-state index contributed by atoms with van der Waals surface area (Å²) in [7, 11) is 2.09. The molecule has 4 rings (SSSR count). The molecule has 0 radical (unpaired) electrons. The number of nitrogens with zero attached hydrogens (tertiary/aromatic N) is 3. The second-order valence-corrected chi connectivity index (χ2v) is 6.91. The van der Waals surface area contributed by atoms with Crippen LogP contribution in [0.25, 0.3) is 22.9 Å². The van der Waals surface area contributed by atoms with E-state index in [0.29, 0.717) is 0 Å². The standard InChI is InChI=1S/C22H22N3/c1-14-8-15(2)16(3)19(9-14)22-20-10-18(17-6-5-7-23-12-17)11-21(20)24-13-25(22)4/h5-9,11-13H,10H2,1-4H3/q+1. The van der Waals surface area contributed by atoms with Gasteiger partial charge in [-0.15, -0.1) is 0 Å². The molecule has 0 N–H and O–H groups in total. The van der Waals surface area contributed by atoms with E-state index in [1.807, 2.05) is 24.8 Å². The van der Waals surface area contributed by atoms with Gasteiger partial charge in [-0.25, -0.2) is 4.57 Å². The Morgan fingerprint density at radius 3 is 2.72 bits per heavy atom. The lowest BCUT2D eigenvalue weighted by molar-refractivity contribution is -0.663. The molecule has 3 heteroatoms. The predicted octanol–water partition coefficient (Wildman–Crippen LogP) is 3.99. The average Bonchev–Trinajstić information content (AvgIpc) is 3.03. The molecule has 0 atom stereocenters. The first-order valence-corrected chi connectivity index (χ1v) is 8.61. The van der Waals surface area contributed by atoms with E-state index in [2.05, 4.69) is 66.6 Å². The van der Waals surface area contributed by atoms with Gasteiger partial charge in [-0.05, 0) is 66.2 Å². The van der Waals surface area contributed by atoms with E-state index < -0.39 is 0 Å². The molecule has 0 saturated heterocycles. The summed E-state index contributed by atoms with van der Waals surface area (Å²) >= 11 is 0. The summed E-state index contributed by atoms with van der Waals surface area (Å²) in [4.78, 5) is 8.92. The molecule has 0 spiro atoms. The minimum Gasteiger partial charge on any atom is -0.264 e. The van der Waals surface area contributed by atoms with Gasteiger partial charge in [-0.2, -0.15) is 0 Å². The fourth-order valence-corrected chi connectivity index (χ4v) is 3.70. The molecular formula is C22H22N3+. The highest BCUT2D eigenvalue weighted by molar-refractivity contribution is 5.89. The monoisotopic (exact) mass is 328 g/mol. The Hall–Kier alpha value is -2.81. The molecule has 1 aliphatic carbocycles. The number of aryl methyl sites for hydroxylation is 3. The van der Waals surface area contributed by atoms with Crippen LogP contribution in [0.3, 0.4) is 0 Å². The van der Waals surface area contributed by atoms with Crippen LogP contribution in [0.2, 0.25) is 0 Å². The van der Waals surface area contributed by atoms with Crippen molar-refractivity contribution in [3.8, 4) is 11.3 Å². The Morgan fingerprint density at radius 2 is 1.96 bits per heavy atom. The van der Waals surface area contributed by atoms with Gasteiger partial charge in [0.05, 0.1) is 12.6 Å². The number of hydrogen-bond donors (Lipinski definition) is 0. The van der Waals surface area contributed by atoms with Crippen molar-refractivity contribution >= 4 is 11.6 Å². The largest absolute Gasteiger partial charge is 0.287 e. The Bertz CT molecular complexity index is 1000. The molecule has 0 aliphatic heterocycles. The second-order valence-electron chi connectivity index (χ2n) is 6.91. The van der Waals surface area contributed by atoms with Gasteiger partial charge >= 0.3 is 0 Å². The summed E-state index contributed by atoms with van der Waals surface area (Å²) < 4.78 is 2.15. The minimum absolute atomic E-state index is 0.893. The van der Waals surface area contributed by atoms with Gasteiger partial charge in [0.2, 0.25) is 0 Å². The number of pyridine rings is 1. The van der Waals surface area contributed by atoms with E-state index >= 15 is 0 Å². The highest BCUT2D eigenvalue weighted by atomic mass is 15.0. The lowest BCUT2D eigenvalue weighted by Gasteiger charge is -2.13. The molecule has 124 valence electrons. The molecule has 3 aromatic rings. The maximum atomic E-state index is 4.66. The van der Waals surface area contributed by atoms with E-state index in [-0.39, 0.29) is 0 Å². The molecule has 25 heavy (non-hydrogen) atoms. The first kappa shape index (κ1) is 15.7. The third-order valence-corrected chi connectivity index (χ3v) is 5.10. The van der Waals surface area contributed by atoms with Crippen LogP contribution >= 0.6 is 0 Å². The summed E-state index contributed by atoms with van der Waals surface area (Å²) in [5.74, 6) is 0. The summed E-state index contributed by atoms with van der Waals surface area (Å²) in [5, 5.41) is 0. The molecule has 1 aromatic carbocycles. The Labute approximate surface area is 148 Å². The maximum Gasteiger partial charge on any atom is 0.287 e. The van der Waals surface area contributed by atoms with Gasteiger partial charge in [-0.1, -0.05) is 17.7 Å². The fraction of sp³-hybridized carbons (Fsp3) is 0.227. The van der Waals surface area contributed by atoms with E-state index in [4.69, 9.17) is 0 Å². The topological polar surface area (TPSA) is 29.7 Å². The van der Waals surface area contributed by atoms with Crippen LogP contribution in [-0.4, -0.2) is 9.97 Å². The summed E-state index contributed by atoms with van der Waals surface area (Å²) in [6, 6.07) is 8.65. The highest BCUT2D eigenvalue weighted by Gasteiger charge is 2.27. The second kappa shape index (κ2) is 5.92. The fourth-order valence-electron chi connectivity index (χ4n) is 3.70. The van der Waals surface area contributed by atoms with Gasteiger partial charge in [0.15, 0.2) is 5.69 Å². The molecule has 0 amide bonds. The van der Waals surface area contributed by atoms with Crippen molar-refractivity contribution in [2.45, 2.75) is 27.2 Å². The number of fused-ring (bicyclic) bond motifs is 1. The number of allylic oxidation sites excluding steroid dienone is 1. The van der Waals surface area contributed by atoms with Gasteiger partial charge in [0.1, 0.15) is 5.69 Å². The van der Waals surface area contributed by atoms with E-state index in [1.165, 1.54) is 44.6 Å². The predicted molar refractivity (Wildman–Crippen MR) is 101 cm³/mol. The number of hydrogen-bond acceptors (Lipinski definition) is 2. The summed E-state index contributed by atoms with van der Waals surface area (Å²) in [5.41, 5.74) is 11.4. The van der Waals surface area contributed by atoms with Crippen LogP contribution in [0.15, 0.2) is 43.0 Å². The number of aromatic nitrogens is 3. The first-order valence-electron chi connectivity index (χ1n) is 8.61. The van der Waals surface area contributed by atoms with Crippen molar-refractivity contribution in [1.29, 1.82) is 0 Å². The van der Waals surface area contributed by atoms with Crippen molar-refractivity contribution < 1.29 is 4.57 Å². The SMILES string of the molecule is Cc1cc(C)c(C)c(-c2c3c(nc[n+]2C)C=C(c2cccnc2)C3)c1. The molecular weight excluding hydrogens is 306 g/mol. The van der Waals surface area contributed by atoms with E-state index in [1.54, 1.807) is 0 Å². The van der Waals surface area contributed by atoms with Crippen LogP contribution in [-0.2, 0) is 13.5 Å². The smallest absolute Gasteiger partial charge is 0.264 e. The third-order valence-electron chi connectivity index (χ3n) is 5.10. The van der Waals surface area contributed by atoms with Gasteiger partial charge < -0.3 is 0 Å². The average molecular weight is 328 g/mol. The zero-order valence-corrected chi connectivity index (χ0v) is 15.2. The zero-order valence-electron chi connectivity index (χ0n) is 15.2. The van der Waals surface area contributed by atoms with Crippen molar-refractivity contribution in [3.05, 3.63) is 76.5 Å². The number of rotatable bonds is 2. The summed E-state index contributed by atoms with van der Waals surface area (Å²) in [6.07, 6.45) is 8.76. The molecule has 0 fully saturated rings.